The molecule has 52 valence electrons. The van der Waals surface area contributed by atoms with Crippen LogP contribution in [0.2, 0.25) is 0 Å². The van der Waals surface area contributed by atoms with Crippen LogP contribution in [0.5, 0.6) is 0 Å². The lowest BCUT2D eigenvalue weighted by molar-refractivity contribution is -0.132. The molecule has 5 heteroatoms. The molecule has 5 N–H and O–H groups in total. The second-order valence-corrected chi connectivity index (χ2v) is 1.56. The van der Waals surface area contributed by atoms with E-state index in [1.807, 2.05) is 0 Å². The third-order valence-corrected chi connectivity index (χ3v) is 0.590. The lowest BCUT2D eigenvalue weighted by atomic mass is 10.5. The van der Waals surface area contributed by atoms with Gasteiger partial charge in [0.15, 0.2) is 0 Å². The number of rotatable bonds is 2. The van der Waals surface area contributed by atoms with Crippen LogP contribution in [0.25, 0.3) is 0 Å². The van der Waals surface area contributed by atoms with E-state index < -0.39 is 5.97 Å². The zero-order valence-electron chi connectivity index (χ0n) is 5.03. The molecule has 0 saturated heterocycles. The van der Waals surface area contributed by atoms with Crippen molar-refractivity contribution in [1.29, 1.82) is 0 Å². The van der Waals surface area contributed by atoms with Gasteiger partial charge in [0.25, 0.3) is 0 Å². The van der Waals surface area contributed by atoms with Crippen molar-refractivity contribution < 1.29 is 9.90 Å². The predicted octanol–water partition coefficient (Wildman–Crippen LogP) is -1.32. The molecule has 0 atom stereocenters. The van der Waals surface area contributed by atoms with E-state index in [1.165, 1.54) is 7.05 Å². The molecule has 0 aliphatic heterocycles. The standard InChI is InChI=1S/C4H9N3O2/c1-7(6)2-3(5)4(8)9/h2H,5-6H2,1H3,(H,8,9)/b3-2-. The van der Waals surface area contributed by atoms with E-state index in [1.54, 1.807) is 0 Å². The van der Waals surface area contributed by atoms with Gasteiger partial charge in [-0.25, -0.2) is 10.6 Å². The van der Waals surface area contributed by atoms with Gasteiger partial charge in [-0.3, -0.25) is 0 Å². The maximum atomic E-state index is 9.96. The predicted molar refractivity (Wildman–Crippen MR) is 31.9 cm³/mol. The van der Waals surface area contributed by atoms with Gasteiger partial charge in [-0.2, -0.15) is 0 Å². The van der Waals surface area contributed by atoms with Gasteiger partial charge in [-0.15, -0.1) is 0 Å². The number of nitrogens with zero attached hydrogens (tertiary/aromatic N) is 1. The van der Waals surface area contributed by atoms with Crippen molar-refractivity contribution in [2.75, 3.05) is 7.05 Å². The van der Waals surface area contributed by atoms with Crippen LogP contribution < -0.4 is 11.6 Å². The fraction of sp³-hybridized carbons (Fsp3) is 0.250. The topological polar surface area (TPSA) is 92.6 Å². The Morgan fingerprint density at radius 3 is 2.33 bits per heavy atom. The number of aliphatic carboxylic acids is 1. The first-order valence-electron chi connectivity index (χ1n) is 2.22. The SMILES string of the molecule is CN(N)/C=C(\N)C(=O)O. The molecule has 0 saturated carbocycles. The van der Waals surface area contributed by atoms with E-state index in [2.05, 4.69) is 0 Å². The molecule has 0 aromatic rings. The van der Waals surface area contributed by atoms with Crippen LogP contribution in [0.3, 0.4) is 0 Å². The fourth-order valence-electron chi connectivity index (χ4n) is 0.275. The quantitative estimate of drug-likeness (QED) is 0.245. The van der Waals surface area contributed by atoms with Crippen LogP contribution in [0.4, 0.5) is 0 Å². The van der Waals surface area contributed by atoms with Crippen molar-refractivity contribution in [2.24, 2.45) is 11.6 Å². The van der Waals surface area contributed by atoms with Crippen molar-refractivity contribution in [3.63, 3.8) is 0 Å². The highest BCUT2D eigenvalue weighted by Crippen LogP contribution is 1.82. The largest absolute Gasteiger partial charge is 0.477 e. The second-order valence-electron chi connectivity index (χ2n) is 1.56. The molecule has 0 aliphatic carbocycles. The summed E-state index contributed by atoms with van der Waals surface area (Å²) in [6, 6.07) is 0. The molecular formula is C4H9N3O2. The minimum absolute atomic E-state index is 0.278. The van der Waals surface area contributed by atoms with Crippen LogP contribution in [0.15, 0.2) is 11.9 Å². The minimum atomic E-state index is -1.17. The molecule has 0 heterocycles. The summed E-state index contributed by atoms with van der Waals surface area (Å²) in [6.45, 7) is 0. The van der Waals surface area contributed by atoms with E-state index in [-0.39, 0.29) is 5.70 Å². The molecule has 0 fully saturated rings. The van der Waals surface area contributed by atoms with E-state index in [9.17, 15) is 4.79 Å². The van der Waals surface area contributed by atoms with Gasteiger partial charge in [0.2, 0.25) is 0 Å². The Labute approximate surface area is 52.5 Å². The van der Waals surface area contributed by atoms with E-state index in [4.69, 9.17) is 16.7 Å². The van der Waals surface area contributed by atoms with Crippen molar-refractivity contribution in [3.8, 4) is 0 Å². The number of carbonyl (C=O) groups is 1. The van der Waals surface area contributed by atoms with Gasteiger partial charge in [-0.05, 0) is 0 Å². The third-order valence-electron chi connectivity index (χ3n) is 0.590. The highest BCUT2D eigenvalue weighted by atomic mass is 16.4. The van der Waals surface area contributed by atoms with Crippen molar-refractivity contribution >= 4 is 5.97 Å². The lowest BCUT2D eigenvalue weighted by Crippen LogP contribution is -2.23. The van der Waals surface area contributed by atoms with Crippen LogP contribution in [0, 0.1) is 0 Å². The summed E-state index contributed by atoms with van der Waals surface area (Å²) in [4.78, 5) is 9.96. The number of hydrazine groups is 1. The Hall–Kier alpha value is -1.23. The summed E-state index contributed by atoms with van der Waals surface area (Å²) >= 11 is 0. The average molecular weight is 131 g/mol. The van der Waals surface area contributed by atoms with Crippen LogP contribution in [-0.4, -0.2) is 23.1 Å². The number of carboxylic acid groups (broad SMARTS) is 1. The van der Waals surface area contributed by atoms with Crippen LogP contribution in [0.1, 0.15) is 0 Å². The maximum Gasteiger partial charge on any atom is 0.353 e. The molecule has 0 aliphatic rings. The number of carboxylic acids is 1. The Kier molecular flexibility index (Phi) is 2.53. The molecule has 0 amide bonds. The summed E-state index contributed by atoms with van der Waals surface area (Å²) in [6.07, 6.45) is 1.11. The van der Waals surface area contributed by atoms with Gasteiger partial charge in [-0.1, -0.05) is 0 Å². The van der Waals surface area contributed by atoms with Gasteiger partial charge >= 0.3 is 5.97 Å². The third kappa shape index (κ3) is 3.36. The minimum Gasteiger partial charge on any atom is -0.477 e. The van der Waals surface area contributed by atoms with Crippen LogP contribution in [-0.2, 0) is 4.79 Å². The maximum absolute atomic E-state index is 9.96. The molecule has 5 nitrogen and oxygen atoms in total. The summed E-state index contributed by atoms with van der Waals surface area (Å²) < 4.78 is 0. The average Bonchev–Trinajstić information content (AvgIpc) is 1.63. The van der Waals surface area contributed by atoms with Crippen molar-refractivity contribution in [3.05, 3.63) is 11.9 Å². The van der Waals surface area contributed by atoms with Gasteiger partial charge in [0.1, 0.15) is 5.70 Å². The fourth-order valence-corrected chi connectivity index (χ4v) is 0.275. The molecule has 0 rings (SSSR count). The number of nitrogens with two attached hydrogens (primary N) is 2. The first-order valence-corrected chi connectivity index (χ1v) is 2.22. The molecule has 0 unspecified atom stereocenters. The van der Waals surface area contributed by atoms with Gasteiger partial charge < -0.3 is 15.8 Å². The number of hydrogen-bond donors (Lipinski definition) is 3. The van der Waals surface area contributed by atoms with E-state index in [0.29, 0.717) is 0 Å². The normalized spacial score (nSPS) is 11.1. The first kappa shape index (κ1) is 7.77. The van der Waals surface area contributed by atoms with Crippen LogP contribution >= 0.6 is 0 Å². The summed E-state index contributed by atoms with van der Waals surface area (Å²) in [7, 11) is 1.48. The highest BCUT2D eigenvalue weighted by molar-refractivity contribution is 5.85. The number of hydrogen-bond acceptors (Lipinski definition) is 4. The Balaban J connectivity index is 4.00. The Morgan fingerprint density at radius 1 is 1.78 bits per heavy atom. The molecular weight excluding hydrogens is 122 g/mol. The van der Waals surface area contributed by atoms with Gasteiger partial charge in [0.05, 0.1) is 0 Å². The highest BCUT2D eigenvalue weighted by Gasteiger charge is 1.98. The Bertz CT molecular complexity index is 141. The van der Waals surface area contributed by atoms with E-state index in [0.717, 1.165) is 11.2 Å². The van der Waals surface area contributed by atoms with E-state index >= 15 is 0 Å². The monoisotopic (exact) mass is 131 g/mol. The first-order chi connectivity index (χ1) is 4.04. The molecule has 0 bridgehead atoms. The molecule has 0 radical (unpaired) electrons. The molecule has 9 heavy (non-hydrogen) atoms. The molecule has 0 spiro atoms. The zero-order chi connectivity index (χ0) is 7.44. The summed E-state index contributed by atoms with van der Waals surface area (Å²) in [5.41, 5.74) is 4.68. The second kappa shape index (κ2) is 2.93. The van der Waals surface area contributed by atoms with Gasteiger partial charge in [0, 0.05) is 13.2 Å². The van der Waals surface area contributed by atoms with Crippen molar-refractivity contribution in [2.45, 2.75) is 0 Å². The summed E-state index contributed by atoms with van der Waals surface area (Å²) in [5.74, 6) is 3.87. The Morgan fingerprint density at radius 2 is 2.22 bits per heavy atom. The lowest BCUT2D eigenvalue weighted by Gasteiger charge is -2.03. The zero-order valence-corrected chi connectivity index (χ0v) is 5.03. The summed E-state index contributed by atoms with van der Waals surface area (Å²) in [5, 5.41) is 9.23. The molecule has 0 aromatic carbocycles. The smallest absolute Gasteiger partial charge is 0.353 e. The molecule has 0 aromatic heterocycles. The van der Waals surface area contributed by atoms with Crippen molar-refractivity contribution in [1.82, 2.24) is 5.01 Å².